The molecule has 2 rings (SSSR count). The van der Waals surface area contributed by atoms with Crippen LogP contribution in [0, 0.1) is 12.1 Å². The van der Waals surface area contributed by atoms with Crippen molar-refractivity contribution in [2.45, 2.75) is 0 Å². The van der Waals surface area contributed by atoms with Crippen LogP contribution in [0.2, 0.25) is 0 Å². The van der Waals surface area contributed by atoms with Crippen molar-refractivity contribution in [3.8, 4) is 12.1 Å². The molecule has 0 unspecified atom stereocenters. The lowest BCUT2D eigenvalue weighted by atomic mass is 10.4. The van der Waals surface area contributed by atoms with Gasteiger partial charge in [-0.15, -0.1) is 0 Å². The molecule has 0 radical (unpaired) electrons. The molecule has 0 aromatic heterocycles. The summed E-state index contributed by atoms with van der Waals surface area (Å²) in [6, 6.07) is 19.8. The zero-order valence-corrected chi connectivity index (χ0v) is 10.3. The molecule has 0 aliphatic carbocycles. The van der Waals surface area contributed by atoms with Gasteiger partial charge in [0.05, 0.1) is 0 Å². The molecule has 0 heterocycles. The molecule has 2 aromatic rings. The molecule has 0 aliphatic heterocycles. The molecule has 0 fully saturated rings. The van der Waals surface area contributed by atoms with Crippen LogP contribution in [-0.2, 0) is 0 Å². The zero-order valence-electron chi connectivity index (χ0n) is 8.68. The highest BCUT2D eigenvalue weighted by Crippen LogP contribution is 2.60. The third kappa shape index (κ3) is 1.98. The van der Waals surface area contributed by atoms with Crippen molar-refractivity contribution in [2.24, 2.45) is 0 Å². The molecule has 0 saturated heterocycles. The minimum absolute atomic E-state index is 1.03. The van der Waals surface area contributed by atoms with E-state index in [4.69, 9.17) is 17.7 Å². The van der Waals surface area contributed by atoms with E-state index >= 15 is 0 Å². The molecule has 78 valence electrons. The van der Waals surface area contributed by atoms with Crippen LogP contribution in [-0.4, -0.2) is 0 Å². The van der Waals surface area contributed by atoms with Gasteiger partial charge in [0, 0.05) is 0 Å². The predicted molar refractivity (Wildman–Crippen MR) is 73.8 cm³/mol. The van der Waals surface area contributed by atoms with Gasteiger partial charge in [-0.3, -0.25) is 0 Å². The van der Waals surface area contributed by atoms with Crippen molar-refractivity contribution in [3.63, 3.8) is 0 Å². The highest BCUT2D eigenvalue weighted by molar-refractivity contribution is 8.13. The van der Waals surface area contributed by atoms with Gasteiger partial charge in [-0.05, 0) is 24.3 Å². The molecule has 0 atom stereocenters. The van der Waals surface area contributed by atoms with Gasteiger partial charge in [0.25, 0.3) is 6.62 Å². The van der Waals surface area contributed by atoms with Gasteiger partial charge in [-0.2, -0.15) is 0 Å². The first-order valence-electron chi connectivity index (χ1n) is 4.95. The van der Waals surface area contributed by atoms with Crippen molar-refractivity contribution in [2.75, 3.05) is 0 Å². The normalized spacial score (nSPS) is 10.8. The minimum atomic E-state index is -2.15. The molecule has 0 bridgehead atoms. The lowest BCUT2D eigenvalue weighted by Crippen LogP contribution is -2.16. The van der Waals surface area contributed by atoms with E-state index < -0.39 is 6.62 Å². The summed E-state index contributed by atoms with van der Waals surface area (Å²) in [5.41, 5.74) is 2.79. The number of hydrogen-bond donors (Lipinski definition) is 0. The fraction of sp³-hybridized carbons (Fsp3) is 0. The highest BCUT2D eigenvalue weighted by atomic mass is 35.7. The maximum absolute atomic E-state index is 6.65. The fourth-order valence-corrected chi connectivity index (χ4v) is 4.00. The van der Waals surface area contributed by atoms with Crippen LogP contribution < -0.4 is 10.6 Å². The van der Waals surface area contributed by atoms with Gasteiger partial charge in [0.15, 0.2) is 0 Å². The Morgan fingerprint density at radius 1 is 0.812 bits per heavy atom. The average Bonchev–Trinajstić information content (AvgIpc) is 2.40. The Morgan fingerprint density at radius 3 is 1.50 bits per heavy atom. The largest absolute Gasteiger partial charge is 0.253 e. The van der Waals surface area contributed by atoms with E-state index in [2.05, 4.69) is 5.66 Å². The molecule has 0 saturated carbocycles. The molecule has 0 nitrogen and oxygen atoms in total. The SMILES string of the molecule is C#C[P+](Cl)(c1ccccc1)c1ccccc1. The van der Waals surface area contributed by atoms with Gasteiger partial charge in [0.1, 0.15) is 27.5 Å². The van der Waals surface area contributed by atoms with Crippen molar-refractivity contribution >= 4 is 28.5 Å². The van der Waals surface area contributed by atoms with Crippen molar-refractivity contribution in [1.82, 2.24) is 0 Å². The van der Waals surface area contributed by atoms with Crippen molar-refractivity contribution in [3.05, 3.63) is 60.7 Å². The zero-order chi connectivity index (χ0) is 11.4. The predicted octanol–water partition coefficient (Wildman–Crippen LogP) is 3.40. The summed E-state index contributed by atoms with van der Waals surface area (Å²) in [5, 5.41) is 2.07. The maximum Gasteiger partial charge on any atom is 0.253 e. The standard InChI is InChI=1S/C14H11ClP/c1-2-16(15,13-9-5-3-6-10-13)14-11-7-4-8-12-14/h1,3-12H/q+1. The van der Waals surface area contributed by atoms with Crippen LogP contribution in [0.25, 0.3) is 0 Å². The van der Waals surface area contributed by atoms with Crippen LogP contribution in [0.3, 0.4) is 0 Å². The lowest BCUT2D eigenvalue weighted by molar-refractivity contribution is 1.75. The monoisotopic (exact) mass is 245 g/mol. The lowest BCUT2D eigenvalue weighted by Gasteiger charge is -2.10. The van der Waals surface area contributed by atoms with E-state index in [0.717, 1.165) is 10.6 Å². The fourth-order valence-electron chi connectivity index (χ4n) is 1.56. The summed E-state index contributed by atoms with van der Waals surface area (Å²) in [7, 11) is 0. The molecule has 2 aromatic carbocycles. The van der Waals surface area contributed by atoms with E-state index in [-0.39, 0.29) is 0 Å². The van der Waals surface area contributed by atoms with Gasteiger partial charge in [-0.1, -0.05) is 42.8 Å². The maximum atomic E-state index is 6.65. The van der Waals surface area contributed by atoms with E-state index in [9.17, 15) is 0 Å². The molecule has 16 heavy (non-hydrogen) atoms. The van der Waals surface area contributed by atoms with Gasteiger partial charge in [0.2, 0.25) is 0 Å². The van der Waals surface area contributed by atoms with E-state index in [1.165, 1.54) is 0 Å². The quantitative estimate of drug-likeness (QED) is 0.562. The van der Waals surface area contributed by atoms with Crippen LogP contribution in [0.5, 0.6) is 0 Å². The highest BCUT2D eigenvalue weighted by Gasteiger charge is 2.40. The Morgan fingerprint density at radius 2 is 1.19 bits per heavy atom. The number of benzene rings is 2. The summed E-state index contributed by atoms with van der Waals surface area (Å²) in [4.78, 5) is 0. The van der Waals surface area contributed by atoms with Gasteiger partial charge < -0.3 is 0 Å². The minimum Gasteiger partial charge on any atom is -0.0743 e. The Hall–Kier alpha value is -1.28. The second-order valence-electron chi connectivity index (χ2n) is 3.39. The number of terminal acetylenes is 1. The topological polar surface area (TPSA) is 0 Å². The number of halogens is 1. The first-order chi connectivity index (χ1) is 7.77. The van der Waals surface area contributed by atoms with E-state index in [1.54, 1.807) is 0 Å². The summed E-state index contributed by atoms with van der Waals surface area (Å²) in [5.74, 6) is 0. The van der Waals surface area contributed by atoms with Crippen LogP contribution in [0.4, 0.5) is 0 Å². The summed E-state index contributed by atoms with van der Waals surface area (Å²) >= 11 is 6.65. The second-order valence-corrected chi connectivity index (χ2v) is 7.38. The molecule has 0 N–H and O–H groups in total. The molecule has 0 aliphatic rings. The van der Waals surface area contributed by atoms with Gasteiger partial charge in [-0.25, -0.2) is 0 Å². The number of hydrogen-bond acceptors (Lipinski definition) is 0. The van der Waals surface area contributed by atoms with E-state index in [1.807, 2.05) is 60.7 Å². The molecule has 0 spiro atoms. The average molecular weight is 246 g/mol. The smallest absolute Gasteiger partial charge is 0.0743 e. The Labute approximate surface area is 101 Å². The molecule has 0 amide bonds. The third-order valence-electron chi connectivity index (χ3n) is 2.40. The van der Waals surface area contributed by atoms with Crippen molar-refractivity contribution in [1.29, 1.82) is 0 Å². The molecule has 2 heteroatoms. The van der Waals surface area contributed by atoms with Crippen molar-refractivity contribution < 1.29 is 0 Å². The van der Waals surface area contributed by atoms with Crippen LogP contribution in [0.1, 0.15) is 0 Å². The third-order valence-corrected chi connectivity index (χ3v) is 6.24. The van der Waals surface area contributed by atoms with E-state index in [0.29, 0.717) is 0 Å². The Kier molecular flexibility index (Phi) is 3.30. The Bertz CT molecular complexity index is 460. The summed E-state index contributed by atoms with van der Waals surface area (Å²) < 4.78 is 0. The summed E-state index contributed by atoms with van der Waals surface area (Å²) in [6.07, 6.45) is 5.64. The van der Waals surface area contributed by atoms with Gasteiger partial charge >= 0.3 is 0 Å². The number of rotatable bonds is 2. The van der Waals surface area contributed by atoms with Crippen LogP contribution in [0.15, 0.2) is 60.7 Å². The Balaban J connectivity index is 2.55. The molecular weight excluding hydrogens is 235 g/mol. The first kappa shape index (κ1) is 11.2. The van der Waals surface area contributed by atoms with Crippen LogP contribution >= 0.6 is 17.9 Å². The summed E-state index contributed by atoms with van der Waals surface area (Å²) in [6.45, 7) is -2.15. The second kappa shape index (κ2) is 4.71. The molecular formula is C14H11ClP+. The first-order valence-corrected chi connectivity index (χ1v) is 7.64.